The van der Waals surface area contributed by atoms with Crippen LogP contribution in [0.1, 0.15) is 20.5 Å². The minimum absolute atomic E-state index is 0.00469. The molecule has 146 valence electrons. The van der Waals surface area contributed by atoms with E-state index in [-0.39, 0.29) is 17.3 Å². The number of rotatable bonds is 7. The molecular weight excluding hydrogens is 392 g/mol. The smallest absolute Gasteiger partial charge is 0.261 e. The Morgan fingerprint density at radius 3 is 2.25 bits per heavy atom. The summed E-state index contributed by atoms with van der Waals surface area (Å²) in [7, 11) is 0.173. The second-order valence-corrected chi connectivity index (χ2v) is 9.60. The fourth-order valence-corrected chi connectivity index (χ4v) is 5.17. The lowest BCUT2D eigenvalue weighted by Crippen LogP contribution is -2.31. The standard InChI is InChI=1S/C21H22N2O3S2/c1-23(2)17-12-10-16(11-13-17)20(15-22-21(24)19-9-6-14-27-19)28(25,26)18-7-4-3-5-8-18/h3-14,20H,15H2,1-2H3,(H,22,24)/t20-/m1/s1. The number of sulfone groups is 1. The number of benzene rings is 2. The summed E-state index contributed by atoms with van der Waals surface area (Å²) in [6, 6.07) is 19.2. The maximum Gasteiger partial charge on any atom is 0.261 e. The van der Waals surface area contributed by atoms with Crippen LogP contribution in [0.4, 0.5) is 5.69 Å². The molecule has 7 heteroatoms. The summed E-state index contributed by atoms with van der Waals surface area (Å²) in [6.07, 6.45) is 0. The third-order valence-electron chi connectivity index (χ3n) is 4.42. The lowest BCUT2D eigenvalue weighted by molar-refractivity contribution is 0.0957. The molecule has 28 heavy (non-hydrogen) atoms. The van der Waals surface area contributed by atoms with Crippen molar-refractivity contribution >= 4 is 32.8 Å². The van der Waals surface area contributed by atoms with Gasteiger partial charge in [0, 0.05) is 26.3 Å². The molecule has 2 aromatic carbocycles. The van der Waals surface area contributed by atoms with Crippen molar-refractivity contribution in [2.75, 3.05) is 25.5 Å². The lowest BCUT2D eigenvalue weighted by atomic mass is 10.1. The molecule has 0 spiro atoms. The van der Waals surface area contributed by atoms with E-state index < -0.39 is 15.1 Å². The zero-order valence-electron chi connectivity index (χ0n) is 15.7. The highest BCUT2D eigenvalue weighted by Crippen LogP contribution is 2.29. The highest BCUT2D eigenvalue weighted by molar-refractivity contribution is 7.91. The third-order valence-corrected chi connectivity index (χ3v) is 7.41. The van der Waals surface area contributed by atoms with Crippen LogP contribution in [0, 0.1) is 0 Å². The Labute approximate surface area is 169 Å². The molecule has 5 nitrogen and oxygen atoms in total. The van der Waals surface area contributed by atoms with E-state index >= 15 is 0 Å². The lowest BCUT2D eigenvalue weighted by Gasteiger charge is -2.20. The van der Waals surface area contributed by atoms with Gasteiger partial charge < -0.3 is 10.2 Å². The van der Waals surface area contributed by atoms with Gasteiger partial charge >= 0.3 is 0 Å². The molecule has 1 aromatic heterocycles. The van der Waals surface area contributed by atoms with Gasteiger partial charge in [0.15, 0.2) is 9.84 Å². The average Bonchev–Trinajstić information content (AvgIpc) is 3.24. The number of carbonyl (C=O) groups is 1. The first-order valence-corrected chi connectivity index (χ1v) is 11.2. The fraction of sp³-hybridized carbons (Fsp3) is 0.190. The molecule has 0 radical (unpaired) electrons. The van der Waals surface area contributed by atoms with Crippen molar-refractivity contribution in [3.05, 3.63) is 82.6 Å². The molecule has 1 atom stereocenters. The Bertz CT molecular complexity index is 1010. The molecule has 3 aromatic rings. The number of nitrogens with zero attached hydrogens (tertiary/aromatic N) is 1. The van der Waals surface area contributed by atoms with Gasteiger partial charge in [-0.15, -0.1) is 11.3 Å². The second kappa shape index (κ2) is 8.58. The Morgan fingerprint density at radius 1 is 1.00 bits per heavy atom. The van der Waals surface area contributed by atoms with E-state index in [1.54, 1.807) is 54.6 Å². The molecule has 0 aliphatic heterocycles. The van der Waals surface area contributed by atoms with Crippen LogP contribution >= 0.6 is 11.3 Å². The van der Waals surface area contributed by atoms with Gasteiger partial charge in [-0.25, -0.2) is 8.42 Å². The van der Waals surface area contributed by atoms with Gasteiger partial charge in [0.1, 0.15) is 5.25 Å². The monoisotopic (exact) mass is 414 g/mol. The van der Waals surface area contributed by atoms with Gasteiger partial charge in [0.05, 0.1) is 9.77 Å². The molecular formula is C21H22N2O3S2. The van der Waals surface area contributed by atoms with Crippen LogP contribution in [0.25, 0.3) is 0 Å². The van der Waals surface area contributed by atoms with Crippen LogP contribution in [0.3, 0.4) is 0 Å². The molecule has 0 saturated heterocycles. The third kappa shape index (κ3) is 4.43. The Balaban J connectivity index is 1.92. The summed E-state index contributed by atoms with van der Waals surface area (Å²) in [5, 5.41) is 3.71. The van der Waals surface area contributed by atoms with Crippen molar-refractivity contribution in [2.24, 2.45) is 0 Å². The van der Waals surface area contributed by atoms with Crippen molar-refractivity contribution in [1.82, 2.24) is 5.32 Å². The maximum absolute atomic E-state index is 13.3. The molecule has 1 heterocycles. The van der Waals surface area contributed by atoms with Gasteiger partial charge in [-0.1, -0.05) is 36.4 Å². The van der Waals surface area contributed by atoms with Crippen molar-refractivity contribution in [2.45, 2.75) is 10.1 Å². The first kappa shape index (κ1) is 20.1. The van der Waals surface area contributed by atoms with E-state index in [0.29, 0.717) is 10.4 Å². The zero-order chi connectivity index (χ0) is 20.1. The molecule has 0 fully saturated rings. The quantitative estimate of drug-likeness (QED) is 0.639. The number of carbonyl (C=O) groups excluding carboxylic acids is 1. The first-order valence-electron chi connectivity index (χ1n) is 8.77. The number of thiophene rings is 1. The molecule has 3 rings (SSSR count). The van der Waals surface area contributed by atoms with Crippen LogP contribution in [0.15, 0.2) is 77.0 Å². The van der Waals surface area contributed by atoms with E-state index in [2.05, 4.69) is 5.32 Å². The van der Waals surface area contributed by atoms with Crippen LogP contribution in [-0.2, 0) is 9.84 Å². The number of hydrogen-bond donors (Lipinski definition) is 1. The first-order chi connectivity index (χ1) is 13.4. The normalized spacial score (nSPS) is 12.4. The maximum atomic E-state index is 13.3. The summed E-state index contributed by atoms with van der Waals surface area (Å²) in [6.45, 7) is -0.00469. The van der Waals surface area contributed by atoms with E-state index in [1.807, 2.05) is 36.5 Å². The SMILES string of the molecule is CN(C)c1ccc([C@@H](CNC(=O)c2cccs2)S(=O)(=O)c2ccccc2)cc1. The van der Waals surface area contributed by atoms with E-state index in [4.69, 9.17) is 0 Å². The minimum atomic E-state index is -3.68. The van der Waals surface area contributed by atoms with Crippen LogP contribution < -0.4 is 10.2 Å². The summed E-state index contributed by atoms with van der Waals surface area (Å²) >= 11 is 1.32. The van der Waals surface area contributed by atoms with Crippen molar-refractivity contribution in [3.8, 4) is 0 Å². The average molecular weight is 415 g/mol. The van der Waals surface area contributed by atoms with Crippen molar-refractivity contribution in [1.29, 1.82) is 0 Å². The number of hydrogen-bond acceptors (Lipinski definition) is 5. The largest absolute Gasteiger partial charge is 0.378 e. The van der Waals surface area contributed by atoms with Gasteiger partial charge in [0.25, 0.3) is 5.91 Å². The Kier molecular flexibility index (Phi) is 6.16. The highest BCUT2D eigenvalue weighted by Gasteiger charge is 2.29. The summed E-state index contributed by atoms with van der Waals surface area (Å²) in [4.78, 5) is 15.1. The Morgan fingerprint density at radius 2 is 1.68 bits per heavy atom. The summed E-state index contributed by atoms with van der Waals surface area (Å²) in [5.74, 6) is -0.270. The van der Waals surface area contributed by atoms with Crippen molar-refractivity contribution in [3.63, 3.8) is 0 Å². The predicted molar refractivity (Wildman–Crippen MR) is 114 cm³/mol. The number of anilines is 1. The molecule has 0 aliphatic rings. The molecule has 0 saturated carbocycles. The van der Waals surface area contributed by atoms with Crippen LogP contribution in [-0.4, -0.2) is 35.0 Å². The van der Waals surface area contributed by atoms with Gasteiger partial charge in [-0.2, -0.15) is 0 Å². The van der Waals surface area contributed by atoms with Gasteiger partial charge in [-0.05, 0) is 41.3 Å². The van der Waals surface area contributed by atoms with Crippen LogP contribution in [0.5, 0.6) is 0 Å². The minimum Gasteiger partial charge on any atom is -0.378 e. The molecule has 0 aliphatic carbocycles. The summed E-state index contributed by atoms with van der Waals surface area (Å²) in [5.41, 5.74) is 1.61. The highest BCUT2D eigenvalue weighted by atomic mass is 32.2. The molecule has 1 N–H and O–H groups in total. The fourth-order valence-electron chi connectivity index (χ4n) is 2.85. The number of nitrogens with one attached hydrogen (secondary N) is 1. The Hall–Kier alpha value is -2.64. The van der Waals surface area contributed by atoms with Crippen molar-refractivity contribution < 1.29 is 13.2 Å². The van der Waals surface area contributed by atoms with Gasteiger partial charge in [0.2, 0.25) is 0 Å². The topological polar surface area (TPSA) is 66.5 Å². The van der Waals surface area contributed by atoms with Crippen LogP contribution in [0.2, 0.25) is 0 Å². The summed E-state index contributed by atoms with van der Waals surface area (Å²) < 4.78 is 26.6. The molecule has 0 unspecified atom stereocenters. The van der Waals surface area contributed by atoms with E-state index in [9.17, 15) is 13.2 Å². The van der Waals surface area contributed by atoms with Gasteiger partial charge in [-0.3, -0.25) is 4.79 Å². The van der Waals surface area contributed by atoms with E-state index in [0.717, 1.165) is 5.69 Å². The zero-order valence-corrected chi connectivity index (χ0v) is 17.3. The molecule has 0 bridgehead atoms. The second-order valence-electron chi connectivity index (χ2n) is 6.52. The number of amides is 1. The van der Waals surface area contributed by atoms with E-state index in [1.165, 1.54) is 11.3 Å². The predicted octanol–water partition coefficient (Wildman–Crippen LogP) is 3.76. The molecule has 1 amide bonds.